The van der Waals surface area contributed by atoms with Crippen molar-refractivity contribution in [2.45, 2.75) is 26.3 Å². The lowest BCUT2D eigenvalue weighted by Gasteiger charge is -2.09. The standard InChI is InChI=1S/C12H17Cl2NO/c1-9(2)15-6-3-7-16-10-4-5-11(13)12(14)8-10/h4-5,8-9,15H,3,6-7H2,1-2H3. The van der Waals surface area contributed by atoms with Crippen molar-refractivity contribution in [1.29, 1.82) is 0 Å². The Hall–Kier alpha value is -0.440. The highest BCUT2D eigenvalue weighted by Crippen LogP contribution is 2.26. The summed E-state index contributed by atoms with van der Waals surface area (Å²) < 4.78 is 5.54. The van der Waals surface area contributed by atoms with Crippen LogP contribution in [0.15, 0.2) is 18.2 Å². The zero-order valence-electron chi connectivity index (χ0n) is 9.59. The van der Waals surface area contributed by atoms with Crippen molar-refractivity contribution in [1.82, 2.24) is 5.32 Å². The lowest BCUT2D eigenvalue weighted by atomic mass is 10.3. The smallest absolute Gasteiger partial charge is 0.120 e. The predicted octanol–water partition coefficient (Wildman–Crippen LogP) is 3.76. The quantitative estimate of drug-likeness (QED) is 0.788. The molecule has 0 radical (unpaired) electrons. The van der Waals surface area contributed by atoms with E-state index in [2.05, 4.69) is 19.2 Å². The molecule has 0 aromatic heterocycles. The highest BCUT2D eigenvalue weighted by Gasteiger charge is 2.00. The summed E-state index contributed by atoms with van der Waals surface area (Å²) in [4.78, 5) is 0. The molecule has 0 atom stereocenters. The molecule has 0 unspecified atom stereocenters. The molecule has 0 heterocycles. The first-order valence-corrected chi connectivity index (χ1v) is 6.16. The number of ether oxygens (including phenoxy) is 1. The van der Waals surface area contributed by atoms with E-state index in [-0.39, 0.29) is 0 Å². The van der Waals surface area contributed by atoms with Crippen LogP contribution < -0.4 is 10.1 Å². The lowest BCUT2D eigenvalue weighted by Crippen LogP contribution is -2.24. The molecule has 0 saturated heterocycles. The number of rotatable bonds is 6. The number of benzene rings is 1. The maximum Gasteiger partial charge on any atom is 0.120 e. The highest BCUT2D eigenvalue weighted by atomic mass is 35.5. The Balaban J connectivity index is 2.24. The van der Waals surface area contributed by atoms with E-state index in [4.69, 9.17) is 27.9 Å². The van der Waals surface area contributed by atoms with Crippen LogP contribution in [0.3, 0.4) is 0 Å². The van der Waals surface area contributed by atoms with Crippen LogP contribution in [0.4, 0.5) is 0 Å². The second kappa shape index (κ2) is 7.00. The molecule has 1 aromatic rings. The van der Waals surface area contributed by atoms with Crippen molar-refractivity contribution >= 4 is 23.2 Å². The van der Waals surface area contributed by atoms with Gasteiger partial charge in [0.2, 0.25) is 0 Å². The summed E-state index contributed by atoms with van der Waals surface area (Å²) in [6, 6.07) is 5.82. The van der Waals surface area contributed by atoms with E-state index in [1.54, 1.807) is 12.1 Å². The number of nitrogens with one attached hydrogen (secondary N) is 1. The van der Waals surface area contributed by atoms with Gasteiger partial charge in [-0.25, -0.2) is 0 Å². The summed E-state index contributed by atoms with van der Waals surface area (Å²) in [6.07, 6.45) is 0.971. The van der Waals surface area contributed by atoms with Crippen LogP contribution in [0.25, 0.3) is 0 Å². The van der Waals surface area contributed by atoms with Gasteiger partial charge in [-0.1, -0.05) is 37.0 Å². The maximum absolute atomic E-state index is 5.87. The molecule has 0 saturated carbocycles. The molecular formula is C12H17Cl2NO. The van der Waals surface area contributed by atoms with Crippen molar-refractivity contribution < 1.29 is 4.74 Å². The third-order valence-electron chi connectivity index (χ3n) is 2.03. The van der Waals surface area contributed by atoms with Gasteiger partial charge in [-0.05, 0) is 25.1 Å². The van der Waals surface area contributed by atoms with Gasteiger partial charge in [0.25, 0.3) is 0 Å². The van der Waals surface area contributed by atoms with E-state index < -0.39 is 0 Å². The molecule has 0 bridgehead atoms. The van der Waals surface area contributed by atoms with Crippen LogP contribution in [0.2, 0.25) is 10.0 Å². The fourth-order valence-corrected chi connectivity index (χ4v) is 1.51. The average molecular weight is 262 g/mol. The summed E-state index contributed by atoms with van der Waals surface area (Å²) in [5.41, 5.74) is 0. The van der Waals surface area contributed by atoms with Crippen molar-refractivity contribution in [3.05, 3.63) is 28.2 Å². The van der Waals surface area contributed by atoms with E-state index in [0.717, 1.165) is 18.7 Å². The van der Waals surface area contributed by atoms with Crippen molar-refractivity contribution in [3.8, 4) is 5.75 Å². The van der Waals surface area contributed by atoms with Crippen LogP contribution in [0.5, 0.6) is 5.75 Å². The van der Waals surface area contributed by atoms with Crippen LogP contribution in [-0.4, -0.2) is 19.2 Å². The fourth-order valence-electron chi connectivity index (χ4n) is 1.22. The first-order chi connectivity index (χ1) is 7.59. The molecule has 16 heavy (non-hydrogen) atoms. The van der Waals surface area contributed by atoms with E-state index in [9.17, 15) is 0 Å². The Bertz CT molecular complexity index is 329. The highest BCUT2D eigenvalue weighted by molar-refractivity contribution is 6.42. The molecule has 1 aromatic carbocycles. The molecule has 0 aliphatic rings. The summed E-state index contributed by atoms with van der Waals surface area (Å²) in [7, 11) is 0. The number of halogens is 2. The van der Waals surface area contributed by atoms with Crippen LogP contribution >= 0.6 is 23.2 Å². The van der Waals surface area contributed by atoms with E-state index in [0.29, 0.717) is 22.7 Å². The Labute approximate surface area is 107 Å². The minimum atomic E-state index is 0.518. The van der Waals surface area contributed by atoms with E-state index in [1.165, 1.54) is 0 Å². The third kappa shape index (κ3) is 5.06. The van der Waals surface area contributed by atoms with Crippen LogP contribution in [0, 0.1) is 0 Å². The molecule has 1 N–H and O–H groups in total. The van der Waals surface area contributed by atoms with Gasteiger partial charge in [-0.2, -0.15) is 0 Å². The van der Waals surface area contributed by atoms with Crippen LogP contribution in [-0.2, 0) is 0 Å². The van der Waals surface area contributed by atoms with Crippen molar-refractivity contribution in [2.24, 2.45) is 0 Å². The fraction of sp³-hybridized carbons (Fsp3) is 0.500. The molecular weight excluding hydrogens is 245 g/mol. The molecule has 0 aliphatic carbocycles. The zero-order valence-corrected chi connectivity index (χ0v) is 11.1. The summed E-state index contributed by atoms with van der Waals surface area (Å²) >= 11 is 11.7. The largest absolute Gasteiger partial charge is 0.493 e. The van der Waals surface area contributed by atoms with Crippen LogP contribution in [0.1, 0.15) is 20.3 Å². The summed E-state index contributed by atoms with van der Waals surface area (Å²) in [6.45, 7) is 5.89. The molecule has 0 spiro atoms. The van der Waals surface area contributed by atoms with Gasteiger partial charge in [0.15, 0.2) is 0 Å². The monoisotopic (exact) mass is 261 g/mol. The maximum atomic E-state index is 5.87. The Morgan fingerprint density at radius 1 is 1.25 bits per heavy atom. The third-order valence-corrected chi connectivity index (χ3v) is 2.77. The second-order valence-corrected chi connectivity index (χ2v) is 4.70. The van der Waals surface area contributed by atoms with Gasteiger partial charge in [0.1, 0.15) is 5.75 Å². The minimum Gasteiger partial charge on any atom is -0.493 e. The van der Waals surface area contributed by atoms with Crippen molar-refractivity contribution in [2.75, 3.05) is 13.2 Å². The first-order valence-electron chi connectivity index (χ1n) is 5.41. The molecule has 90 valence electrons. The zero-order chi connectivity index (χ0) is 12.0. The SMILES string of the molecule is CC(C)NCCCOc1ccc(Cl)c(Cl)c1. The normalized spacial score (nSPS) is 10.8. The molecule has 1 rings (SSSR count). The van der Waals surface area contributed by atoms with Gasteiger partial charge in [0.05, 0.1) is 16.7 Å². The second-order valence-electron chi connectivity index (χ2n) is 3.89. The summed E-state index contributed by atoms with van der Waals surface area (Å²) in [5.74, 6) is 0.763. The Morgan fingerprint density at radius 2 is 2.00 bits per heavy atom. The topological polar surface area (TPSA) is 21.3 Å². The molecule has 4 heteroatoms. The van der Waals surface area contributed by atoms with E-state index >= 15 is 0 Å². The average Bonchev–Trinajstić information content (AvgIpc) is 2.22. The van der Waals surface area contributed by atoms with Crippen molar-refractivity contribution in [3.63, 3.8) is 0 Å². The first kappa shape index (κ1) is 13.6. The van der Waals surface area contributed by atoms with Gasteiger partial charge in [-0.3, -0.25) is 0 Å². The van der Waals surface area contributed by atoms with Gasteiger partial charge >= 0.3 is 0 Å². The van der Waals surface area contributed by atoms with Gasteiger partial charge in [-0.15, -0.1) is 0 Å². The Kier molecular flexibility index (Phi) is 5.96. The molecule has 0 fully saturated rings. The predicted molar refractivity (Wildman–Crippen MR) is 69.7 cm³/mol. The summed E-state index contributed by atoms with van der Waals surface area (Å²) in [5, 5.41) is 4.40. The molecule has 0 aliphatic heterocycles. The van der Waals surface area contributed by atoms with Gasteiger partial charge < -0.3 is 10.1 Å². The number of hydrogen-bond acceptors (Lipinski definition) is 2. The Morgan fingerprint density at radius 3 is 2.62 bits per heavy atom. The lowest BCUT2D eigenvalue weighted by molar-refractivity contribution is 0.306. The van der Waals surface area contributed by atoms with Gasteiger partial charge in [0, 0.05) is 12.1 Å². The minimum absolute atomic E-state index is 0.518. The number of hydrogen-bond donors (Lipinski definition) is 1. The van der Waals surface area contributed by atoms with E-state index in [1.807, 2.05) is 6.07 Å². The molecule has 2 nitrogen and oxygen atoms in total. The molecule has 0 amide bonds.